The summed E-state index contributed by atoms with van der Waals surface area (Å²) in [7, 11) is 0. The summed E-state index contributed by atoms with van der Waals surface area (Å²) in [5.41, 5.74) is -0.292. The zero-order chi connectivity index (χ0) is 14.5. The molecule has 0 saturated heterocycles. The van der Waals surface area contributed by atoms with Gasteiger partial charge in [0.25, 0.3) is 0 Å². The van der Waals surface area contributed by atoms with Crippen LogP contribution in [0.3, 0.4) is 0 Å². The molecule has 0 radical (unpaired) electrons. The Bertz CT molecular complexity index is 325. The van der Waals surface area contributed by atoms with Crippen molar-refractivity contribution in [3.8, 4) is 0 Å². The van der Waals surface area contributed by atoms with Gasteiger partial charge in [0, 0.05) is 0 Å². The topological polar surface area (TPSA) is 57.5 Å². The van der Waals surface area contributed by atoms with E-state index >= 15 is 0 Å². The number of carboxylic acids is 1. The molecule has 0 bridgehead atoms. The van der Waals surface area contributed by atoms with Gasteiger partial charge in [-0.2, -0.15) is 0 Å². The monoisotopic (exact) mass is 286 g/mol. The maximum absolute atomic E-state index is 10.2. The predicted octanol–water partition coefficient (Wildman–Crippen LogP) is 4.29. The first-order valence-electron chi connectivity index (χ1n) is 6.68. The molecule has 108 valence electrons. The number of hydrogen-bond acceptors (Lipinski definition) is 2. The van der Waals surface area contributed by atoms with E-state index in [0.29, 0.717) is 5.56 Å². The van der Waals surface area contributed by atoms with E-state index in [4.69, 9.17) is 21.8 Å². The van der Waals surface area contributed by atoms with Crippen LogP contribution in [0.2, 0.25) is 0 Å². The van der Waals surface area contributed by atoms with Crippen LogP contribution in [0.25, 0.3) is 0 Å². The minimum atomic E-state index is -0.879. The van der Waals surface area contributed by atoms with Crippen LogP contribution in [0.15, 0.2) is 30.3 Å². The van der Waals surface area contributed by atoms with Gasteiger partial charge in [-0.15, -0.1) is 0 Å². The normalized spacial score (nSPS) is 11.3. The number of alkyl halides is 1. The first-order chi connectivity index (χ1) is 9.07. The summed E-state index contributed by atoms with van der Waals surface area (Å²) in [6.07, 6.45) is 6.86. The molecular formula is C15H23ClO3. The summed E-state index contributed by atoms with van der Waals surface area (Å²) < 4.78 is 0. The molecule has 0 aliphatic carbocycles. The van der Waals surface area contributed by atoms with E-state index in [1.54, 1.807) is 30.3 Å². The number of aliphatic hydroxyl groups excluding tert-OH is 1. The SMILES string of the molecule is CCCCCCCC(O)Cl.O=C(O)c1ccccc1. The molecular weight excluding hydrogens is 264 g/mol. The summed E-state index contributed by atoms with van der Waals surface area (Å²) in [5.74, 6) is -0.879. The van der Waals surface area contributed by atoms with Gasteiger partial charge < -0.3 is 10.2 Å². The van der Waals surface area contributed by atoms with Gasteiger partial charge in [0.05, 0.1) is 5.56 Å². The lowest BCUT2D eigenvalue weighted by atomic mass is 10.1. The minimum Gasteiger partial charge on any atom is -0.478 e. The van der Waals surface area contributed by atoms with Crippen LogP contribution in [-0.2, 0) is 0 Å². The van der Waals surface area contributed by atoms with E-state index in [-0.39, 0.29) is 0 Å². The van der Waals surface area contributed by atoms with E-state index in [1.807, 2.05) is 0 Å². The molecule has 1 aromatic rings. The van der Waals surface area contributed by atoms with Crippen molar-refractivity contribution in [3.63, 3.8) is 0 Å². The van der Waals surface area contributed by atoms with E-state index < -0.39 is 11.5 Å². The number of rotatable bonds is 7. The molecule has 3 nitrogen and oxygen atoms in total. The smallest absolute Gasteiger partial charge is 0.335 e. The predicted molar refractivity (Wildman–Crippen MR) is 78.6 cm³/mol. The standard InChI is InChI=1S/C8H17ClO.C7H6O2/c1-2-3-4-5-6-7-8(9)10;8-7(9)6-4-2-1-3-5-6/h8,10H,2-7H2,1H3;1-5H,(H,8,9). The Balaban J connectivity index is 0.000000342. The van der Waals surface area contributed by atoms with Crippen molar-refractivity contribution in [1.82, 2.24) is 0 Å². The first-order valence-corrected chi connectivity index (χ1v) is 7.12. The van der Waals surface area contributed by atoms with Crippen molar-refractivity contribution in [3.05, 3.63) is 35.9 Å². The van der Waals surface area contributed by atoms with Crippen molar-refractivity contribution in [2.75, 3.05) is 0 Å². The lowest BCUT2D eigenvalue weighted by molar-refractivity contribution is 0.0697. The molecule has 0 saturated carbocycles. The van der Waals surface area contributed by atoms with Crippen molar-refractivity contribution >= 4 is 17.6 Å². The molecule has 19 heavy (non-hydrogen) atoms. The number of benzene rings is 1. The molecule has 1 rings (SSSR count). The highest BCUT2D eigenvalue weighted by molar-refractivity contribution is 6.19. The van der Waals surface area contributed by atoms with Gasteiger partial charge in [-0.25, -0.2) is 4.79 Å². The fourth-order valence-corrected chi connectivity index (χ4v) is 1.65. The molecule has 0 spiro atoms. The van der Waals surface area contributed by atoms with Crippen LogP contribution in [0.4, 0.5) is 0 Å². The van der Waals surface area contributed by atoms with Crippen LogP contribution >= 0.6 is 11.6 Å². The zero-order valence-electron chi connectivity index (χ0n) is 11.4. The summed E-state index contributed by atoms with van der Waals surface area (Å²) in [4.78, 5) is 10.2. The fraction of sp³-hybridized carbons (Fsp3) is 0.533. The number of halogens is 1. The average molecular weight is 287 g/mol. The van der Waals surface area contributed by atoms with Crippen molar-refractivity contribution in [1.29, 1.82) is 0 Å². The van der Waals surface area contributed by atoms with Gasteiger partial charge in [-0.1, -0.05) is 62.4 Å². The Kier molecular flexibility index (Phi) is 11.3. The maximum atomic E-state index is 10.2. The van der Waals surface area contributed by atoms with Crippen molar-refractivity contribution < 1.29 is 15.0 Å². The largest absolute Gasteiger partial charge is 0.478 e. The molecule has 0 amide bonds. The van der Waals surface area contributed by atoms with Crippen LogP contribution in [0.5, 0.6) is 0 Å². The van der Waals surface area contributed by atoms with Crippen molar-refractivity contribution in [2.24, 2.45) is 0 Å². The van der Waals surface area contributed by atoms with Crippen LogP contribution in [0, 0.1) is 0 Å². The first kappa shape index (κ1) is 17.9. The third-order valence-electron chi connectivity index (χ3n) is 2.57. The van der Waals surface area contributed by atoms with Crippen LogP contribution in [0.1, 0.15) is 55.8 Å². The summed E-state index contributed by atoms with van der Waals surface area (Å²) in [5, 5.41) is 17.1. The number of aromatic carboxylic acids is 1. The lowest BCUT2D eigenvalue weighted by Gasteiger charge is -2.00. The fourth-order valence-electron chi connectivity index (χ4n) is 1.50. The zero-order valence-corrected chi connectivity index (χ0v) is 12.1. The maximum Gasteiger partial charge on any atom is 0.335 e. The number of unbranched alkanes of at least 4 members (excludes halogenated alkanes) is 4. The molecule has 0 aliphatic heterocycles. The van der Waals surface area contributed by atoms with E-state index in [9.17, 15) is 4.79 Å². The Labute approximate surface area is 120 Å². The number of carbonyl (C=O) groups is 1. The summed E-state index contributed by atoms with van der Waals surface area (Å²) in [6, 6.07) is 8.30. The third kappa shape index (κ3) is 11.7. The van der Waals surface area contributed by atoms with Gasteiger partial charge in [-0.05, 0) is 25.0 Å². The molecule has 4 heteroatoms. The molecule has 1 atom stereocenters. The van der Waals surface area contributed by atoms with Gasteiger partial charge in [0.2, 0.25) is 0 Å². The van der Waals surface area contributed by atoms with E-state index in [1.165, 1.54) is 25.7 Å². The van der Waals surface area contributed by atoms with Crippen molar-refractivity contribution in [2.45, 2.75) is 51.0 Å². The second-order valence-corrected chi connectivity index (χ2v) is 4.81. The van der Waals surface area contributed by atoms with E-state index in [2.05, 4.69) is 6.92 Å². The minimum absolute atomic E-state index is 0.331. The number of carboxylic acid groups (broad SMARTS) is 1. The Morgan fingerprint density at radius 2 is 1.74 bits per heavy atom. The Hall–Kier alpha value is -1.06. The second kappa shape index (κ2) is 12.0. The highest BCUT2D eigenvalue weighted by atomic mass is 35.5. The van der Waals surface area contributed by atoms with Crippen LogP contribution < -0.4 is 0 Å². The quantitative estimate of drug-likeness (QED) is 0.581. The average Bonchev–Trinajstić information content (AvgIpc) is 2.40. The number of hydrogen-bond donors (Lipinski definition) is 2. The number of aliphatic hydroxyl groups is 1. The summed E-state index contributed by atoms with van der Waals surface area (Å²) in [6.45, 7) is 2.19. The summed E-state index contributed by atoms with van der Waals surface area (Å²) >= 11 is 5.35. The lowest BCUT2D eigenvalue weighted by Crippen LogP contribution is -1.94. The molecule has 0 aliphatic rings. The van der Waals surface area contributed by atoms with Gasteiger partial charge >= 0.3 is 5.97 Å². The Morgan fingerprint density at radius 1 is 1.16 bits per heavy atom. The molecule has 0 aromatic heterocycles. The van der Waals surface area contributed by atoms with Gasteiger partial charge in [-0.3, -0.25) is 0 Å². The molecule has 2 N–H and O–H groups in total. The third-order valence-corrected chi connectivity index (χ3v) is 2.78. The molecule has 0 fully saturated rings. The van der Waals surface area contributed by atoms with E-state index in [0.717, 1.165) is 12.8 Å². The van der Waals surface area contributed by atoms with Gasteiger partial charge in [0.1, 0.15) is 5.56 Å². The Morgan fingerprint density at radius 3 is 2.16 bits per heavy atom. The second-order valence-electron chi connectivity index (χ2n) is 4.31. The highest BCUT2D eigenvalue weighted by Gasteiger charge is 1.97. The van der Waals surface area contributed by atoms with Crippen LogP contribution in [-0.4, -0.2) is 21.7 Å². The van der Waals surface area contributed by atoms with Gasteiger partial charge in [0.15, 0.2) is 0 Å². The molecule has 1 unspecified atom stereocenters. The highest BCUT2D eigenvalue weighted by Crippen LogP contribution is 2.08. The molecule has 1 aromatic carbocycles. The molecule has 0 heterocycles.